The second-order valence-corrected chi connectivity index (χ2v) is 8.31. The number of carbonyl (C=O) groups is 1. The number of carbonyl (C=O) groups excluding carboxylic acids is 1. The lowest BCUT2D eigenvalue weighted by Gasteiger charge is -2.32. The Bertz CT molecular complexity index is 701. The Kier molecular flexibility index (Phi) is 6.78. The molecule has 0 spiro atoms. The zero-order valence-corrected chi connectivity index (χ0v) is 15.5. The van der Waals surface area contributed by atoms with Crippen molar-refractivity contribution in [3.05, 3.63) is 35.1 Å². The number of sulfonamides is 1. The molecule has 0 aromatic heterocycles. The molecule has 1 aromatic rings. The number of aryl methyl sites for hydroxylation is 1. The van der Waals surface area contributed by atoms with Crippen LogP contribution in [0, 0.1) is 12.7 Å². The quantitative estimate of drug-likeness (QED) is 0.804. The van der Waals surface area contributed by atoms with Crippen molar-refractivity contribution in [2.24, 2.45) is 0 Å². The molecule has 25 heavy (non-hydrogen) atoms. The Balaban J connectivity index is 1.78. The zero-order chi connectivity index (χ0) is 18.4. The first-order valence-electron chi connectivity index (χ1n) is 8.58. The minimum absolute atomic E-state index is 0.119. The number of likely N-dealkylation sites (tertiary alicyclic amines) is 1. The Labute approximate surface area is 148 Å². The fourth-order valence-electron chi connectivity index (χ4n) is 2.82. The number of halogens is 1. The van der Waals surface area contributed by atoms with Crippen molar-refractivity contribution in [2.75, 3.05) is 18.8 Å². The van der Waals surface area contributed by atoms with Gasteiger partial charge in [-0.05, 0) is 43.4 Å². The number of amides is 2. The minimum atomic E-state index is -3.23. The van der Waals surface area contributed by atoms with E-state index in [1.165, 1.54) is 6.07 Å². The molecule has 8 heteroatoms. The van der Waals surface area contributed by atoms with Crippen LogP contribution < -0.4 is 10.0 Å². The predicted molar refractivity (Wildman–Crippen MR) is 95.2 cm³/mol. The van der Waals surface area contributed by atoms with E-state index in [9.17, 15) is 17.6 Å². The van der Waals surface area contributed by atoms with E-state index in [1.54, 1.807) is 24.0 Å². The van der Waals surface area contributed by atoms with Gasteiger partial charge in [0, 0.05) is 25.7 Å². The van der Waals surface area contributed by atoms with Crippen LogP contribution >= 0.6 is 0 Å². The second-order valence-electron chi connectivity index (χ2n) is 6.44. The number of nitrogens with zero attached hydrogens (tertiary/aromatic N) is 1. The van der Waals surface area contributed by atoms with E-state index in [2.05, 4.69) is 10.0 Å². The molecule has 1 aromatic carbocycles. The van der Waals surface area contributed by atoms with Gasteiger partial charge in [0.2, 0.25) is 10.0 Å². The summed E-state index contributed by atoms with van der Waals surface area (Å²) in [5.41, 5.74) is 1.28. The second kappa shape index (κ2) is 8.62. The van der Waals surface area contributed by atoms with E-state index in [-0.39, 0.29) is 30.2 Å². The molecule has 0 radical (unpaired) electrons. The number of benzene rings is 1. The van der Waals surface area contributed by atoms with Crippen LogP contribution in [0.2, 0.25) is 0 Å². The average molecular weight is 371 g/mol. The molecule has 1 fully saturated rings. The summed E-state index contributed by atoms with van der Waals surface area (Å²) < 4.78 is 39.8. The van der Waals surface area contributed by atoms with Crippen molar-refractivity contribution in [2.45, 2.75) is 45.7 Å². The highest BCUT2D eigenvalue weighted by Gasteiger charge is 2.25. The van der Waals surface area contributed by atoms with Crippen LogP contribution in [-0.4, -0.2) is 44.2 Å². The summed E-state index contributed by atoms with van der Waals surface area (Å²) in [4.78, 5) is 13.9. The Morgan fingerprint density at radius 1 is 1.32 bits per heavy atom. The minimum Gasteiger partial charge on any atom is -0.334 e. The molecule has 0 saturated carbocycles. The summed E-state index contributed by atoms with van der Waals surface area (Å²) in [5, 5.41) is 2.78. The van der Waals surface area contributed by atoms with Crippen LogP contribution in [0.5, 0.6) is 0 Å². The van der Waals surface area contributed by atoms with E-state index in [0.29, 0.717) is 43.5 Å². The molecule has 6 nitrogen and oxygen atoms in total. The molecule has 0 aliphatic carbocycles. The van der Waals surface area contributed by atoms with Crippen LogP contribution in [0.3, 0.4) is 0 Å². The Hall–Kier alpha value is -1.67. The van der Waals surface area contributed by atoms with E-state index in [4.69, 9.17) is 0 Å². The normalized spacial score (nSPS) is 16.0. The van der Waals surface area contributed by atoms with Crippen LogP contribution in [-0.2, 0) is 16.6 Å². The molecule has 2 amide bonds. The molecule has 140 valence electrons. The van der Waals surface area contributed by atoms with Crippen molar-refractivity contribution in [1.29, 1.82) is 0 Å². The highest BCUT2D eigenvalue weighted by Crippen LogP contribution is 2.13. The van der Waals surface area contributed by atoms with Gasteiger partial charge in [-0.2, -0.15) is 0 Å². The smallest absolute Gasteiger partial charge is 0.317 e. The van der Waals surface area contributed by atoms with E-state index >= 15 is 0 Å². The monoisotopic (exact) mass is 371 g/mol. The van der Waals surface area contributed by atoms with Gasteiger partial charge in [-0.25, -0.2) is 22.3 Å². The first-order valence-corrected chi connectivity index (χ1v) is 10.2. The SMILES string of the molecule is CCCS(=O)(=O)NC1CCN(C(=O)NCc2ccc(C)c(F)c2)CC1. The number of hydrogen-bond acceptors (Lipinski definition) is 3. The maximum absolute atomic E-state index is 13.5. The van der Waals surface area contributed by atoms with Gasteiger partial charge in [0.25, 0.3) is 0 Å². The summed E-state index contributed by atoms with van der Waals surface area (Å²) in [6, 6.07) is 4.56. The van der Waals surface area contributed by atoms with E-state index in [0.717, 1.165) is 0 Å². The maximum atomic E-state index is 13.5. The lowest BCUT2D eigenvalue weighted by Crippen LogP contribution is -2.49. The van der Waals surface area contributed by atoms with Crippen LogP contribution in [0.15, 0.2) is 18.2 Å². The van der Waals surface area contributed by atoms with Crippen molar-refractivity contribution in [3.63, 3.8) is 0 Å². The van der Waals surface area contributed by atoms with Crippen LogP contribution in [0.4, 0.5) is 9.18 Å². The topological polar surface area (TPSA) is 78.5 Å². The molecule has 1 aliphatic rings. The number of nitrogens with one attached hydrogen (secondary N) is 2. The van der Waals surface area contributed by atoms with Crippen molar-refractivity contribution < 1.29 is 17.6 Å². The predicted octanol–water partition coefficient (Wildman–Crippen LogP) is 2.14. The first-order chi connectivity index (χ1) is 11.8. The van der Waals surface area contributed by atoms with Crippen molar-refractivity contribution >= 4 is 16.1 Å². The van der Waals surface area contributed by atoms with E-state index in [1.807, 2.05) is 6.92 Å². The number of rotatable bonds is 6. The summed E-state index contributed by atoms with van der Waals surface area (Å²) in [7, 11) is -3.23. The lowest BCUT2D eigenvalue weighted by atomic mass is 10.1. The third-order valence-corrected chi connectivity index (χ3v) is 5.92. The summed E-state index contributed by atoms with van der Waals surface area (Å²) >= 11 is 0. The number of urea groups is 1. The standard InChI is InChI=1S/C17H26FN3O3S/c1-3-10-25(23,24)20-15-6-8-21(9-7-15)17(22)19-12-14-5-4-13(2)16(18)11-14/h4-5,11,15,20H,3,6-10,12H2,1-2H3,(H,19,22). The highest BCUT2D eigenvalue weighted by atomic mass is 32.2. The summed E-state index contributed by atoms with van der Waals surface area (Å²) in [6.07, 6.45) is 1.77. The van der Waals surface area contributed by atoms with Gasteiger partial charge < -0.3 is 10.2 Å². The molecule has 1 saturated heterocycles. The molecular formula is C17H26FN3O3S. The molecular weight excluding hydrogens is 345 g/mol. The van der Waals surface area contributed by atoms with Gasteiger partial charge >= 0.3 is 6.03 Å². The Morgan fingerprint density at radius 2 is 2.00 bits per heavy atom. The molecule has 0 unspecified atom stereocenters. The molecule has 0 atom stereocenters. The number of piperidine rings is 1. The van der Waals surface area contributed by atoms with Gasteiger partial charge in [-0.3, -0.25) is 0 Å². The summed E-state index contributed by atoms with van der Waals surface area (Å²) in [5.74, 6) is -0.159. The van der Waals surface area contributed by atoms with Gasteiger partial charge in [0.05, 0.1) is 5.75 Å². The molecule has 0 bridgehead atoms. The molecule has 1 heterocycles. The molecule has 1 aliphatic heterocycles. The fourth-order valence-corrected chi connectivity index (χ4v) is 4.22. The summed E-state index contributed by atoms with van der Waals surface area (Å²) in [6.45, 7) is 4.77. The van der Waals surface area contributed by atoms with Crippen molar-refractivity contribution in [1.82, 2.24) is 14.9 Å². The van der Waals surface area contributed by atoms with Crippen LogP contribution in [0.25, 0.3) is 0 Å². The molecule has 2 rings (SSSR count). The maximum Gasteiger partial charge on any atom is 0.317 e. The van der Waals surface area contributed by atoms with Gasteiger partial charge in [0.15, 0.2) is 0 Å². The fraction of sp³-hybridized carbons (Fsp3) is 0.588. The lowest BCUT2D eigenvalue weighted by molar-refractivity contribution is 0.179. The third kappa shape index (κ3) is 5.97. The largest absolute Gasteiger partial charge is 0.334 e. The third-order valence-electron chi connectivity index (χ3n) is 4.28. The highest BCUT2D eigenvalue weighted by molar-refractivity contribution is 7.89. The van der Waals surface area contributed by atoms with Crippen LogP contribution in [0.1, 0.15) is 37.3 Å². The average Bonchev–Trinajstić information content (AvgIpc) is 2.56. The van der Waals surface area contributed by atoms with Gasteiger partial charge in [-0.15, -0.1) is 0 Å². The zero-order valence-electron chi connectivity index (χ0n) is 14.7. The number of hydrogen-bond donors (Lipinski definition) is 2. The van der Waals surface area contributed by atoms with Gasteiger partial charge in [0.1, 0.15) is 5.82 Å². The first kappa shape index (κ1) is 19.7. The van der Waals surface area contributed by atoms with Gasteiger partial charge in [-0.1, -0.05) is 19.1 Å². The van der Waals surface area contributed by atoms with Crippen molar-refractivity contribution in [3.8, 4) is 0 Å². The Morgan fingerprint density at radius 3 is 2.60 bits per heavy atom. The molecule has 2 N–H and O–H groups in total. The van der Waals surface area contributed by atoms with E-state index < -0.39 is 10.0 Å².